The fourth-order valence-corrected chi connectivity index (χ4v) is 3.05. The Morgan fingerprint density at radius 1 is 1.10 bits per heavy atom. The predicted octanol–water partition coefficient (Wildman–Crippen LogP) is 2.21. The number of aromatic nitrogens is 1. The molecule has 1 N–H and O–H groups in total. The molecule has 0 saturated carbocycles. The third-order valence-electron chi connectivity index (χ3n) is 2.81. The molecule has 0 aliphatic heterocycles. The number of anilines is 1. The van der Waals surface area contributed by atoms with Gasteiger partial charge in [-0.1, -0.05) is 0 Å². The van der Waals surface area contributed by atoms with Crippen molar-refractivity contribution in [2.75, 3.05) is 18.9 Å². The molecule has 0 aliphatic carbocycles. The highest BCUT2D eigenvalue weighted by Crippen LogP contribution is 2.29. The van der Waals surface area contributed by atoms with Gasteiger partial charge >= 0.3 is 0 Å². The summed E-state index contributed by atoms with van der Waals surface area (Å²) >= 11 is 0. The molecule has 0 spiro atoms. The van der Waals surface area contributed by atoms with Crippen LogP contribution in [-0.4, -0.2) is 27.6 Å². The first-order chi connectivity index (χ1) is 9.96. The van der Waals surface area contributed by atoms with Crippen LogP contribution < -0.4 is 14.2 Å². The van der Waals surface area contributed by atoms with Gasteiger partial charge in [0.2, 0.25) is 0 Å². The Balaban J connectivity index is 2.43. The molecule has 21 heavy (non-hydrogen) atoms. The number of nitrogens with zero attached hydrogens (tertiary/aromatic N) is 1. The third kappa shape index (κ3) is 3.43. The summed E-state index contributed by atoms with van der Waals surface area (Å²) in [6, 6.07) is 7.82. The van der Waals surface area contributed by atoms with Crippen LogP contribution in [0.3, 0.4) is 0 Å². The maximum Gasteiger partial charge on any atom is 0.265 e. The number of nitrogens with one attached hydrogen (secondary N) is 1. The normalized spacial score (nSPS) is 11.0. The number of sulfonamides is 1. The minimum Gasteiger partial charge on any atom is -0.497 e. The van der Waals surface area contributed by atoms with Crippen molar-refractivity contribution in [2.45, 2.75) is 11.8 Å². The molecule has 0 fully saturated rings. The largest absolute Gasteiger partial charge is 0.497 e. The Morgan fingerprint density at radius 2 is 1.86 bits per heavy atom. The molecule has 1 heterocycles. The highest BCUT2D eigenvalue weighted by Gasteiger charge is 2.20. The van der Waals surface area contributed by atoms with E-state index in [1.54, 1.807) is 31.2 Å². The van der Waals surface area contributed by atoms with Crippen LogP contribution >= 0.6 is 0 Å². The molecule has 0 bridgehead atoms. The number of hydrogen-bond acceptors (Lipinski definition) is 5. The highest BCUT2D eigenvalue weighted by molar-refractivity contribution is 7.92. The average molecular weight is 308 g/mol. The van der Waals surface area contributed by atoms with Crippen LogP contribution in [0.4, 0.5) is 5.69 Å². The van der Waals surface area contributed by atoms with Crippen molar-refractivity contribution >= 4 is 15.7 Å². The average Bonchev–Trinajstić information content (AvgIpc) is 2.46. The zero-order valence-corrected chi connectivity index (χ0v) is 12.8. The second-order valence-corrected chi connectivity index (χ2v) is 5.96. The molecule has 0 atom stereocenters. The van der Waals surface area contributed by atoms with E-state index in [2.05, 4.69) is 9.71 Å². The lowest BCUT2D eigenvalue weighted by molar-refractivity contribution is 0.392. The molecule has 0 radical (unpaired) electrons. The maximum atomic E-state index is 12.5. The molecule has 112 valence electrons. The van der Waals surface area contributed by atoms with E-state index in [9.17, 15) is 8.42 Å². The molecule has 0 amide bonds. The molecular weight excluding hydrogens is 292 g/mol. The second-order valence-electron chi connectivity index (χ2n) is 4.31. The quantitative estimate of drug-likeness (QED) is 0.916. The molecule has 0 unspecified atom stereocenters. The van der Waals surface area contributed by atoms with Crippen LogP contribution in [-0.2, 0) is 10.0 Å². The molecule has 1 aromatic carbocycles. The minimum atomic E-state index is -3.79. The van der Waals surface area contributed by atoms with Crippen molar-refractivity contribution in [1.82, 2.24) is 4.98 Å². The topological polar surface area (TPSA) is 77.5 Å². The fourth-order valence-electron chi connectivity index (χ4n) is 1.81. The third-order valence-corrected chi connectivity index (χ3v) is 4.21. The Bertz CT molecular complexity index is 744. The zero-order chi connectivity index (χ0) is 15.5. The van der Waals surface area contributed by atoms with Crippen LogP contribution in [0.2, 0.25) is 0 Å². The number of hydrogen-bond donors (Lipinski definition) is 1. The Kier molecular flexibility index (Phi) is 4.32. The first-order valence-corrected chi connectivity index (χ1v) is 7.62. The van der Waals surface area contributed by atoms with Gasteiger partial charge in [0, 0.05) is 18.0 Å². The molecular formula is C14H16N2O4S. The van der Waals surface area contributed by atoms with Gasteiger partial charge in [-0.05, 0) is 31.2 Å². The first-order valence-electron chi connectivity index (χ1n) is 6.14. The lowest BCUT2D eigenvalue weighted by Gasteiger charge is -2.13. The zero-order valence-electron chi connectivity index (χ0n) is 12.0. The van der Waals surface area contributed by atoms with Gasteiger partial charge in [-0.25, -0.2) is 8.42 Å². The van der Waals surface area contributed by atoms with Gasteiger partial charge < -0.3 is 9.47 Å². The van der Waals surface area contributed by atoms with Gasteiger partial charge in [-0.15, -0.1) is 0 Å². The lowest BCUT2D eigenvalue weighted by Crippen LogP contribution is -2.14. The first kappa shape index (κ1) is 15.1. The molecule has 1 aromatic heterocycles. The van der Waals surface area contributed by atoms with Gasteiger partial charge in [-0.3, -0.25) is 9.71 Å². The van der Waals surface area contributed by atoms with Crippen molar-refractivity contribution < 1.29 is 17.9 Å². The smallest absolute Gasteiger partial charge is 0.265 e. The van der Waals surface area contributed by atoms with Crippen molar-refractivity contribution in [1.29, 1.82) is 0 Å². The Labute approximate surface area is 123 Å². The van der Waals surface area contributed by atoms with E-state index in [0.717, 1.165) is 0 Å². The molecule has 0 aliphatic rings. The summed E-state index contributed by atoms with van der Waals surface area (Å²) in [5, 5.41) is 0. The number of aryl methyl sites for hydroxylation is 1. The van der Waals surface area contributed by atoms with Crippen molar-refractivity contribution in [2.24, 2.45) is 0 Å². The number of rotatable bonds is 5. The summed E-state index contributed by atoms with van der Waals surface area (Å²) in [5.74, 6) is 0.677. The second kappa shape index (κ2) is 6.01. The SMILES string of the molecule is COc1ccc(OC)c(S(=O)(=O)Nc2ccnc(C)c2)c1. The van der Waals surface area contributed by atoms with Crippen LogP contribution in [0, 0.1) is 6.92 Å². The van der Waals surface area contributed by atoms with E-state index in [1.165, 1.54) is 26.5 Å². The van der Waals surface area contributed by atoms with E-state index in [-0.39, 0.29) is 10.6 Å². The van der Waals surface area contributed by atoms with Crippen molar-refractivity contribution in [3.8, 4) is 11.5 Å². The molecule has 2 aromatic rings. The van der Waals surface area contributed by atoms with Gasteiger partial charge in [0.1, 0.15) is 16.4 Å². The Morgan fingerprint density at radius 3 is 2.48 bits per heavy atom. The minimum absolute atomic E-state index is 0.0128. The number of methoxy groups -OCH3 is 2. The van der Waals surface area contributed by atoms with Crippen LogP contribution in [0.15, 0.2) is 41.4 Å². The number of ether oxygens (including phenoxy) is 2. The molecule has 7 heteroatoms. The molecule has 0 saturated heterocycles. The van der Waals surface area contributed by atoms with Gasteiger partial charge in [-0.2, -0.15) is 0 Å². The van der Waals surface area contributed by atoms with Crippen LogP contribution in [0.25, 0.3) is 0 Å². The Hall–Kier alpha value is -2.28. The van der Waals surface area contributed by atoms with Crippen molar-refractivity contribution in [3.63, 3.8) is 0 Å². The highest BCUT2D eigenvalue weighted by atomic mass is 32.2. The van der Waals surface area contributed by atoms with E-state index in [0.29, 0.717) is 17.1 Å². The summed E-state index contributed by atoms with van der Waals surface area (Å²) in [7, 11) is -0.904. The maximum absolute atomic E-state index is 12.5. The molecule has 6 nitrogen and oxygen atoms in total. The summed E-state index contributed by atoms with van der Waals surface area (Å²) in [6.07, 6.45) is 1.54. The lowest BCUT2D eigenvalue weighted by atomic mass is 10.3. The summed E-state index contributed by atoms with van der Waals surface area (Å²) in [5.41, 5.74) is 1.15. The van der Waals surface area contributed by atoms with E-state index in [4.69, 9.17) is 9.47 Å². The monoisotopic (exact) mass is 308 g/mol. The van der Waals surface area contributed by atoms with E-state index in [1.807, 2.05) is 0 Å². The van der Waals surface area contributed by atoms with Crippen molar-refractivity contribution in [3.05, 3.63) is 42.2 Å². The van der Waals surface area contributed by atoms with Crippen LogP contribution in [0.1, 0.15) is 5.69 Å². The van der Waals surface area contributed by atoms with E-state index >= 15 is 0 Å². The summed E-state index contributed by atoms with van der Waals surface area (Å²) in [4.78, 5) is 4.04. The standard InChI is InChI=1S/C14H16N2O4S/c1-10-8-11(6-7-15-10)16-21(17,18)14-9-12(19-2)4-5-13(14)20-3/h4-9H,1-3H3,(H,15,16). The van der Waals surface area contributed by atoms with Crippen LogP contribution in [0.5, 0.6) is 11.5 Å². The number of pyridine rings is 1. The van der Waals surface area contributed by atoms with Gasteiger partial charge in [0.05, 0.1) is 19.9 Å². The fraction of sp³-hybridized carbons (Fsp3) is 0.214. The van der Waals surface area contributed by atoms with Gasteiger partial charge in [0.25, 0.3) is 10.0 Å². The number of benzene rings is 1. The molecule has 2 rings (SSSR count). The predicted molar refractivity (Wildman–Crippen MR) is 79.3 cm³/mol. The summed E-state index contributed by atoms with van der Waals surface area (Å²) < 4.78 is 37.7. The summed E-state index contributed by atoms with van der Waals surface area (Å²) in [6.45, 7) is 1.78. The van der Waals surface area contributed by atoms with Gasteiger partial charge in [0.15, 0.2) is 0 Å². The van der Waals surface area contributed by atoms with E-state index < -0.39 is 10.0 Å².